The second kappa shape index (κ2) is 11.1. The zero-order chi connectivity index (χ0) is 22.9. The van der Waals surface area contributed by atoms with Crippen LogP contribution in [0.2, 0.25) is 5.02 Å². The highest BCUT2D eigenvalue weighted by atomic mass is 35.5. The maximum Gasteiger partial charge on any atom is 0.271 e. The molecule has 1 amide bonds. The van der Waals surface area contributed by atoms with E-state index in [-0.39, 0.29) is 16.5 Å². The highest BCUT2D eigenvalue weighted by Gasteiger charge is 2.12. The van der Waals surface area contributed by atoms with E-state index in [4.69, 9.17) is 25.8 Å². The Morgan fingerprint density at radius 1 is 1.06 bits per heavy atom. The van der Waals surface area contributed by atoms with Gasteiger partial charge in [0.25, 0.3) is 5.91 Å². The molecular weight excluding hydrogens is 432 g/mol. The van der Waals surface area contributed by atoms with Gasteiger partial charge in [0.05, 0.1) is 25.0 Å². The molecule has 0 aliphatic heterocycles. The first-order valence-corrected chi connectivity index (χ1v) is 10.2. The van der Waals surface area contributed by atoms with Crippen molar-refractivity contribution in [1.82, 2.24) is 5.43 Å². The molecule has 3 aromatic rings. The van der Waals surface area contributed by atoms with Crippen molar-refractivity contribution in [2.24, 2.45) is 5.10 Å². The third kappa shape index (κ3) is 5.92. The van der Waals surface area contributed by atoms with E-state index in [1.165, 1.54) is 19.4 Å². The molecule has 32 heavy (non-hydrogen) atoms. The molecule has 0 bridgehead atoms. The average molecular weight is 455 g/mol. The van der Waals surface area contributed by atoms with Crippen molar-refractivity contribution in [3.05, 3.63) is 82.4 Å². The second-order valence-corrected chi connectivity index (χ2v) is 7.03. The number of carbonyl (C=O) groups excluding carboxylic acids is 1. The molecule has 0 aliphatic rings. The third-order valence-corrected chi connectivity index (χ3v) is 4.68. The van der Waals surface area contributed by atoms with Crippen LogP contribution in [0.4, 0.5) is 0 Å². The highest BCUT2D eigenvalue weighted by molar-refractivity contribution is 6.32. The van der Waals surface area contributed by atoms with Crippen LogP contribution in [0.1, 0.15) is 28.4 Å². The molecule has 0 spiro atoms. The first-order valence-electron chi connectivity index (χ1n) is 9.85. The van der Waals surface area contributed by atoms with Gasteiger partial charge in [-0.3, -0.25) is 4.79 Å². The molecule has 0 saturated heterocycles. The zero-order valence-electron chi connectivity index (χ0n) is 17.7. The van der Waals surface area contributed by atoms with Crippen LogP contribution < -0.4 is 19.6 Å². The molecule has 0 heterocycles. The quantitative estimate of drug-likeness (QED) is 0.358. The predicted molar refractivity (Wildman–Crippen MR) is 123 cm³/mol. The minimum absolute atomic E-state index is 0.115. The average Bonchev–Trinajstić information content (AvgIpc) is 2.81. The fourth-order valence-electron chi connectivity index (χ4n) is 2.83. The lowest BCUT2D eigenvalue weighted by Gasteiger charge is -2.13. The van der Waals surface area contributed by atoms with Crippen LogP contribution in [0.25, 0.3) is 0 Å². The van der Waals surface area contributed by atoms with E-state index in [9.17, 15) is 9.90 Å². The van der Waals surface area contributed by atoms with Crippen LogP contribution in [0.3, 0.4) is 0 Å². The number of methoxy groups -OCH3 is 1. The lowest BCUT2D eigenvalue weighted by atomic mass is 10.2. The van der Waals surface area contributed by atoms with Crippen LogP contribution in [0, 0.1) is 0 Å². The second-order valence-electron chi connectivity index (χ2n) is 6.62. The normalized spacial score (nSPS) is 10.7. The van der Waals surface area contributed by atoms with Crippen molar-refractivity contribution in [1.29, 1.82) is 0 Å². The van der Waals surface area contributed by atoms with E-state index in [0.29, 0.717) is 35.8 Å². The summed E-state index contributed by atoms with van der Waals surface area (Å²) in [6, 6.07) is 17.7. The molecule has 7 nitrogen and oxygen atoms in total. The maximum atomic E-state index is 12.5. The Labute approximate surface area is 191 Å². The van der Waals surface area contributed by atoms with E-state index < -0.39 is 5.91 Å². The number of phenols is 1. The van der Waals surface area contributed by atoms with Crippen molar-refractivity contribution in [2.45, 2.75) is 13.5 Å². The Bertz CT molecular complexity index is 1100. The Kier molecular flexibility index (Phi) is 7.94. The molecule has 8 heteroatoms. The largest absolute Gasteiger partial charge is 0.503 e. The standard InChI is InChI=1S/C24H23ClN2O5/c1-3-31-21-13-18(9-10-20(21)32-15-16-7-5-4-6-8-16)24(29)27-26-14-17-11-19(25)23(28)22(12-17)30-2/h4-14,28H,3,15H2,1-2H3,(H,27,29)/b26-14+. The Morgan fingerprint density at radius 3 is 2.56 bits per heavy atom. The first-order chi connectivity index (χ1) is 15.5. The molecule has 0 atom stereocenters. The minimum Gasteiger partial charge on any atom is -0.503 e. The van der Waals surface area contributed by atoms with E-state index in [0.717, 1.165) is 5.56 Å². The number of phenolic OH excluding ortho intramolecular Hbond substituents is 1. The van der Waals surface area contributed by atoms with Crippen LogP contribution in [0.15, 0.2) is 65.8 Å². The van der Waals surface area contributed by atoms with E-state index in [2.05, 4.69) is 10.5 Å². The van der Waals surface area contributed by atoms with Gasteiger partial charge in [0.15, 0.2) is 23.0 Å². The summed E-state index contributed by atoms with van der Waals surface area (Å²) in [6.45, 7) is 2.67. The molecule has 0 fully saturated rings. The summed E-state index contributed by atoms with van der Waals surface area (Å²) in [5.41, 5.74) is 4.38. The molecular formula is C24H23ClN2O5. The summed E-state index contributed by atoms with van der Waals surface area (Å²) < 4.78 is 16.6. The van der Waals surface area contributed by atoms with E-state index in [1.54, 1.807) is 24.3 Å². The number of hydrogen-bond donors (Lipinski definition) is 2. The Hall–Kier alpha value is -3.71. The van der Waals surface area contributed by atoms with Gasteiger partial charge in [-0.15, -0.1) is 0 Å². The van der Waals surface area contributed by atoms with E-state index in [1.807, 2.05) is 37.3 Å². The van der Waals surface area contributed by atoms with Crippen molar-refractivity contribution >= 4 is 23.7 Å². The number of carbonyl (C=O) groups is 1. The lowest BCUT2D eigenvalue weighted by Crippen LogP contribution is -2.17. The number of amides is 1. The fraction of sp³-hybridized carbons (Fsp3) is 0.167. The molecule has 166 valence electrons. The number of nitrogens with zero attached hydrogens (tertiary/aromatic N) is 1. The van der Waals surface area contributed by atoms with Gasteiger partial charge >= 0.3 is 0 Å². The highest BCUT2D eigenvalue weighted by Crippen LogP contribution is 2.34. The molecule has 3 aromatic carbocycles. The number of ether oxygens (including phenoxy) is 3. The van der Waals surface area contributed by atoms with Gasteiger partial charge in [0, 0.05) is 5.56 Å². The summed E-state index contributed by atoms with van der Waals surface area (Å²) in [5.74, 6) is 0.636. The fourth-order valence-corrected chi connectivity index (χ4v) is 3.05. The van der Waals surface area contributed by atoms with Gasteiger partial charge < -0.3 is 19.3 Å². The number of rotatable bonds is 9. The van der Waals surface area contributed by atoms with Gasteiger partial charge in [-0.2, -0.15) is 5.10 Å². The van der Waals surface area contributed by atoms with E-state index >= 15 is 0 Å². The van der Waals surface area contributed by atoms with Crippen LogP contribution in [0.5, 0.6) is 23.0 Å². The van der Waals surface area contributed by atoms with Gasteiger partial charge in [0.2, 0.25) is 0 Å². The minimum atomic E-state index is -0.423. The smallest absolute Gasteiger partial charge is 0.271 e. The van der Waals surface area contributed by atoms with Crippen molar-refractivity contribution in [2.75, 3.05) is 13.7 Å². The predicted octanol–water partition coefficient (Wildman–Crippen LogP) is 4.80. The summed E-state index contributed by atoms with van der Waals surface area (Å²) in [7, 11) is 1.41. The Morgan fingerprint density at radius 2 is 1.84 bits per heavy atom. The molecule has 3 rings (SSSR count). The molecule has 0 aromatic heterocycles. The van der Waals surface area contributed by atoms with Crippen LogP contribution >= 0.6 is 11.6 Å². The number of hydrogen-bond acceptors (Lipinski definition) is 6. The molecule has 2 N–H and O–H groups in total. The van der Waals surface area contributed by atoms with Crippen molar-refractivity contribution in [3.8, 4) is 23.0 Å². The number of nitrogens with one attached hydrogen (secondary N) is 1. The summed E-state index contributed by atoms with van der Waals surface area (Å²) in [5, 5.41) is 13.8. The zero-order valence-corrected chi connectivity index (χ0v) is 18.4. The number of halogens is 1. The van der Waals surface area contributed by atoms with Gasteiger partial charge in [0.1, 0.15) is 6.61 Å². The topological polar surface area (TPSA) is 89.4 Å². The third-order valence-electron chi connectivity index (χ3n) is 4.39. The summed E-state index contributed by atoms with van der Waals surface area (Å²) >= 11 is 5.96. The monoisotopic (exact) mass is 454 g/mol. The SMILES string of the molecule is CCOc1cc(C(=O)N/N=C/c2cc(Cl)c(O)c(OC)c2)ccc1OCc1ccccc1. The van der Waals surface area contributed by atoms with Crippen LogP contribution in [-0.2, 0) is 6.61 Å². The molecule has 0 saturated carbocycles. The molecule has 0 radical (unpaired) electrons. The molecule has 0 aliphatic carbocycles. The van der Waals surface area contributed by atoms with Gasteiger partial charge in [-0.1, -0.05) is 41.9 Å². The summed E-state index contributed by atoms with van der Waals surface area (Å²) in [4.78, 5) is 12.5. The Balaban J connectivity index is 1.69. The maximum absolute atomic E-state index is 12.5. The number of hydrazone groups is 1. The van der Waals surface area contributed by atoms with Crippen molar-refractivity contribution < 1.29 is 24.1 Å². The lowest BCUT2D eigenvalue weighted by molar-refractivity contribution is 0.0954. The van der Waals surface area contributed by atoms with Gasteiger partial charge in [-0.05, 0) is 48.4 Å². The van der Waals surface area contributed by atoms with Crippen LogP contribution in [-0.4, -0.2) is 30.9 Å². The van der Waals surface area contributed by atoms with Gasteiger partial charge in [-0.25, -0.2) is 5.43 Å². The molecule has 0 unspecified atom stereocenters. The summed E-state index contributed by atoms with van der Waals surface area (Å²) in [6.07, 6.45) is 1.40. The first kappa shape index (κ1) is 23.0. The number of benzene rings is 3. The van der Waals surface area contributed by atoms with Crippen molar-refractivity contribution in [3.63, 3.8) is 0 Å². The number of aromatic hydroxyl groups is 1.